The lowest BCUT2D eigenvalue weighted by Gasteiger charge is -2.06. The van der Waals surface area contributed by atoms with Crippen LogP contribution in [0.25, 0.3) is 0 Å². The summed E-state index contributed by atoms with van der Waals surface area (Å²) < 4.78 is 5.61. The third-order valence-electron chi connectivity index (χ3n) is 2.22. The lowest BCUT2D eigenvalue weighted by Crippen LogP contribution is -1.95. The van der Waals surface area contributed by atoms with E-state index in [0.717, 1.165) is 16.9 Å². The Kier molecular flexibility index (Phi) is 3.70. The molecule has 0 saturated carbocycles. The van der Waals surface area contributed by atoms with Crippen molar-refractivity contribution in [1.82, 2.24) is 4.98 Å². The monoisotopic (exact) mass is 228 g/mol. The second-order valence-corrected chi connectivity index (χ2v) is 3.46. The van der Waals surface area contributed by atoms with Crippen molar-refractivity contribution >= 4 is 6.21 Å². The molecule has 2 rings (SSSR count). The molecule has 0 aliphatic carbocycles. The van der Waals surface area contributed by atoms with E-state index >= 15 is 0 Å². The molecule has 0 radical (unpaired) electrons. The summed E-state index contributed by atoms with van der Waals surface area (Å²) in [5.74, 6) is 0.735. The van der Waals surface area contributed by atoms with Crippen molar-refractivity contribution in [1.29, 1.82) is 0 Å². The first-order valence-electron chi connectivity index (χ1n) is 5.18. The van der Waals surface area contributed by atoms with E-state index in [0.29, 0.717) is 6.61 Å². The summed E-state index contributed by atoms with van der Waals surface area (Å²) >= 11 is 0. The summed E-state index contributed by atoms with van der Waals surface area (Å²) in [6.07, 6.45) is 4.82. The normalized spacial score (nSPS) is 10.6. The lowest BCUT2D eigenvalue weighted by atomic mass is 10.2. The first-order valence-corrected chi connectivity index (χ1v) is 5.18. The maximum absolute atomic E-state index is 8.44. The zero-order valence-corrected chi connectivity index (χ0v) is 9.15. The minimum Gasteiger partial charge on any atom is -0.489 e. The highest BCUT2D eigenvalue weighted by atomic mass is 16.5. The van der Waals surface area contributed by atoms with Crippen molar-refractivity contribution in [3.05, 3.63) is 59.9 Å². The van der Waals surface area contributed by atoms with Crippen LogP contribution in [0.15, 0.2) is 53.9 Å². The summed E-state index contributed by atoms with van der Waals surface area (Å²) in [5, 5.41) is 11.4. The highest BCUT2D eigenvalue weighted by Gasteiger charge is 1.96. The number of ether oxygens (including phenoxy) is 1. The van der Waals surface area contributed by atoms with Crippen LogP contribution in [0.3, 0.4) is 0 Å². The Morgan fingerprint density at radius 2 is 2.06 bits per heavy atom. The van der Waals surface area contributed by atoms with E-state index in [-0.39, 0.29) is 0 Å². The summed E-state index contributed by atoms with van der Waals surface area (Å²) in [5.41, 5.74) is 1.85. The second-order valence-electron chi connectivity index (χ2n) is 3.46. The van der Waals surface area contributed by atoms with Gasteiger partial charge in [-0.25, -0.2) is 0 Å². The van der Waals surface area contributed by atoms with Crippen molar-refractivity contribution in [3.63, 3.8) is 0 Å². The first-order chi connectivity index (χ1) is 8.38. The van der Waals surface area contributed by atoms with Crippen LogP contribution in [0.1, 0.15) is 11.1 Å². The van der Waals surface area contributed by atoms with Gasteiger partial charge in [-0.05, 0) is 35.4 Å². The molecule has 0 bridgehead atoms. The average Bonchev–Trinajstić information content (AvgIpc) is 2.39. The quantitative estimate of drug-likeness (QED) is 0.497. The van der Waals surface area contributed by atoms with Crippen molar-refractivity contribution in [2.75, 3.05) is 0 Å². The van der Waals surface area contributed by atoms with Gasteiger partial charge in [0, 0.05) is 12.4 Å². The van der Waals surface area contributed by atoms with Crippen molar-refractivity contribution in [2.45, 2.75) is 6.61 Å². The molecular weight excluding hydrogens is 216 g/mol. The summed E-state index contributed by atoms with van der Waals surface area (Å²) in [6, 6.07) is 11.1. The predicted molar refractivity (Wildman–Crippen MR) is 64.4 cm³/mol. The number of aromatic nitrogens is 1. The summed E-state index contributed by atoms with van der Waals surface area (Å²) in [4.78, 5) is 3.94. The van der Waals surface area contributed by atoms with Gasteiger partial charge >= 0.3 is 0 Å². The molecule has 1 heterocycles. The third-order valence-corrected chi connectivity index (χ3v) is 2.22. The van der Waals surface area contributed by atoms with E-state index in [1.54, 1.807) is 18.5 Å². The van der Waals surface area contributed by atoms with Crippen LogP contribution in [-0.2, 0) is 6.61 Å². The molecule has 1 aromatic carbocycles. The number of pyridine rings is 1. The van der Waals surface area contributed by atoms with Gasteiger partial charge in [-0.15, -0.1) is 0 Å². The molecule has 1 aromatic heterocycles. The van der Waals surface area contributed by atoms with Crippen LogP contribution < -0.4 is 4.74 Å². The van der Waals surface area contributed by atoms with Gasteiger partial charge < -0.3 is 9.94 Å². The fraction of sp³-hybridized carbons (Fsp3) is 0.0769. The van der Waals surface area contributed by atoms with Crippen LogP contribution in [-0.4, -0.2) is 16.4 Å². The van der Waals surface area contributed by atoms with Gasteiger partial charge in [-0.3, -0.25) is 4.98 Å². The topological polar surface area (TPSA) is 54.7 Å². The Hall–Kier alpha value is -2.36. The minimum atomic E-state index is 0.488. The van der Waals surface area contributed by atoms with E-state index in [1.165, 1.54) is 6.21 Å². The molecular formula is C13H12N2O2. The van der Waals surface area contributed by atoms with Crippen molar-refractivity contribution < 1.29 is 9.94 Å². The Bertz CT molecular complexity index is 498. The molecule has 0 saturated heterocycles. The molecule has 0 aliphatic rings. The zero-order chi connectivity index (χ0) is 11.9. The van der Waals surface area contributed by atoms with Crippen LogP contribution >= 0.6 is 0 Å². The smallest absolute Gasteiger partial charge is 0.120 e. The molecule has 4 nitrogen and oxygen atoms in total. The van der Waals surface area contributed by atoms with Crippen molar-refractivity contribution in [3.8, 4) is 5.75 Å². The molecule has 0 atom stereocenters. The lowest BCUT2D eigenvalue weighted by molar-refractivity contribution is 0.306. The van der Waals surface area contributed by atoms with Crippen LogP contribution in [0.4, 0.5) is 0 Å². The second kappa shape index (κ2) is 5.65. The standard InChI is InChI=1S/C13H12N2O2/c16-15-9-12-2-1-3-13(8-12)17-10-11-4-6-14-7-5-11/h1-9,16H,10H2. The highest BCUT2D eigenvalue weighted by molar-refractivity contribution is 5.79. The Labute approximate surface area is 99.2 Å². The molecule has 0 aliphatic heterocycles. The SMILES string of the molecule is ON=Cc1cccc(OCc2ccncc2)c1. The molecule has 86 valence electrons. The summed E-state index contributed by atoms with van der Waals surface area (Å²) in [6.45, 7) is 0.488. The van der Waals surface area contributed by atoms with E-state index in [4.69, 9.17) is 9.94 Å². The van der Waals surface area contributed by atoms with E-state index in [2.05, 4.69) is 10.1 Å². The highest BCUT2D eigenvalue weighted by Crippen LogP contribution is 2.13. The van der Waals surface area contributed by atoms with Crippen LogP contribution in [0.2, 0.25) is 0 Å². The van der Waals surface area contributed by atoms with Gasteiger partial charge in [0.05, 0.1) is 6.21 Å². The van der Waals surface area contributed by atoms with Gasteiger partial charge in [-0.2, -0.15) is 0 Å². The number of oxime groups is 1. The Morgan fingerprint density at radius 1 is 1.24 bits per heavy atom. The molecule has 4 heteroatoms. The van der Waals surface area contributed by atoms with E-state index < -0.39 is 0 Å². The maximum atomic E-state index is 8.44. The number of benzene rings is 1. The summed E-state index contributed by atoms with van der Waals surface area (Å²) in [7, 11) is 0. The first kappa shape index (κ1) is 11.1. The molecule has 0 unspecified atom stereocenters. The number of hydrogen-bond donors (Lipinski definition) is 1. The van der Waals surface area contributed by atoms with Gasteiger partial charge in [0.15, 0.2) is 0 Å². The molecule has 17 heavy (non-hydrogen) atoms. The minimum absolute atomic E-state index is 0.488. The number of nitrogens with zero attached hydrogens (tertiary/aromatic N) is 2. The zero-order valence-electron chi connectivity index (χ0n) is 9.15. The molecule has 0 amide bonds. The number of rotatable bonds is 4. The fourth-order valence-electron chi connectivity index (χ4n) is 1.40. The van der Waals surface area contributed by atoms with Crippen LogP contribution in [0, 0.1) is 0 Å². The average molecular weight is 228 g/mol. The predicted octanol–water partition coefficient (Wildman–Crippen LogP) is 2.47. The maximum Gasteiger partial charge on any atom is 0.120 e. The molecule has 0 fully saturated rings. The molecule has 2 aromatic rings. The fourth-order valence-corrected chi connectivity index (χ4v) is 1.40. The van der Waals surface area contributed by atoms with Crippen LogP contribution in [0.5, 0.6) is 5.75 Å². The molecule has 0 spiro atoms. The van der Waals surface area contributed by atoms with Gasteiger partial charge in [0.1, 0.15) is 12.4 Å². The van der Waals surface area contributed by atoms with Gasteiger partial charge in [0.2, 0.25) is 0 Å². The largest absolute Gasteiger partial charge is 0.489 e. The van der Waals surface area contributed by atoms with E-state index in [1.807, 2.05) is 30.3 Å². The molecule has 1 N–H and O–H groups in total. The third kappa shape index (κ3) is 3.31. The van der Waals surface area contributed by atoms with E-state index in [9.17, 15) is 0 Å². The van der Waals surface area contributed by atoms with Gasteiger partial charge in [-0.1, -0.05) is 17.3 Å². The number of hydrogen-bond acceptors (Lipinski definition) is 4. The Balaban J connectivity index is 2.02. The Morgan fingerprint density at radius 3 is 2.82 bits per heavy atom. The van der Waals surface area contributed by atoms with Gasteiger partial charge in [0.25, 0.3) is 0 Å². The van der Waals surface area contributed by atoms with Crippen molar-refractivity contribution in [2.24, 2.45) is 5.16 Å².